The molecule has 0 aromatic carbocycles. The molecule has 0 radical (unpaired) electrons. The first-order valence-corrected chi connectivity index (χ1v) is 26.7. The molecule has 0 N–H and O–H groups in total. The quantitative estimate of drug-likeness (QED) is 0.0199. The monoisotopic (exact) mass is 891 g/mol. The van der Waals surface area contributed by atoms with Crippen LogP contribution in [0.25, 0.3) is 0 Å². The summed E-state index contributed by atoms with van der Waals surface area (Å²) >= 11 is 0. The molecule has 366 valence electrons. The first kappa shape index (κ1) is 60.6. The van der Waals surface area contributed by atoms with E-state index in [1.165, 1.54) is 141 Å². The maximum absolute atomic E-state index is 12.8. The minimum absolute atomic E-state index is 0.105. The first-order valence-electron chi connectivity index (χ1n) is 26.7. The average Bonchev–Trinajstić information content (AvgIpc) is 3.29. The van der Waals surface area contributed by atoms with Crippen LogP contribution in [0.4, 0.5) is 0 Å². The minimum Gasteiger partial charge on any atom is -0.462 e. The van der Waals surface area contributed by atoms with Gasteiger partial charge in [-0.25, -0.2) is 0 Å². The van der Waals surface area contributed by atoms with Gasteiger partial charge < -0.3 is 14.2 Å². The summed E-state index contributed by atoms with van der Waals surface area (Å²) in [6.07, 6.45) is 67.2. The second kappa shape index (κ2) is 52.2. The Morgan fingerprint density at radius 2 is 0.641 bits per heavy atom. The lowest BCUT2D eigenvalue weighted by Gasteiger charge is -2.18. The maximum Gasteiger partial charge on any atom is 0.306 e. The van der Waals surface area contributed by atoms with Gasteiger partial charge in [-0.15, -0.1) is 0 Å². The summed E-state index contributed by atoms with van der Waals surface area (Å²) in [7, 11) is 0. The van der Waals surface area contributed by atoms with Gasteiger partial charge in [-0.2, -0.15) is 0 Å². The van der Waals surface area contributed by atoms with Crippen molar-refractivity contribution in [2.75, 3.05) is 13.2 Å². The fourth-order valence-electron chi connectivity index (χ4n) is 7.23. The van der Waals surface area contributed by atoms with Crippen LogP contribution in [-0.2, 0) is 28.6 Å². The molecule has 0 rings (SSSR count). The van der Waals surface area contributed by atoms with Crippen molar-refractivity contribution in [1.29, 1.82) is 0 Å². The number of hydrogen-bond acceptors (Lipinski definition) is 6. The molecule has 0 fully saturated rings. The Morgan fingerprint density at radius 3 is 1.06 bits per heavy atom. The molecule has 0 saturated carbocycles. The van der Waals surface area contributed by atoms with Crippen LogP contribution in [0.2, 0.25) is 0 Å². The second-order valence-corrected chi connectivity index (χ2v) is 17.5. The van der Waals surface area contributed by atoms with Gasteiger partial charge in [-0.3, -0.25) is 14.4 Å². The summed E-state index contributed by atoms with van der Waals surface area (Å²) in [5.74, 6) is -0.993. The smallest absolute Gasteiger partial charge is 0.306 e. The Hall–Kier alpha value is -3.41. The molecule has 0 saturated heterocycles. The van der Waals surface area contributed by atoms with Gasteiger partial charge in [0.2, 0.25) is 0 Å². The van der Waals surface area contributed by atoms with Crippen molar-refractivity contribution in [3.8, 4) is 0 Å². The highest BCUT2D eigenvalue weighted by Gasteiger charge is 2.19. The standard InChI is InChI=1S/C58H98O6/c1-4-7-10-13-16-19-22-25-27-28-29-31-33-36-39-42-45-48-51-57(60)63-54-55(53-62-56(59)50-47-44-41-38-35-32-24-21-18-15-12-9-6-3)64-58(61)52-49-46-43-40-37-34-30-26-23-20-17-14-11-8-5-2/h9,12,15,18,20-21,23-24,29,31-32,35,38,41,55H,4-8,10-11,13-14,16-17,19,22,25-28,30,33-34,36-37,39-40,42-54H2,1-3H3/b12-9-,18-15-,23-20-,24-21-,31-29-,35-32-,41-38-. The number of unbranched alkanes of at least 4 members (excludes halogenated alkanes) is 26. The van der Waals surface area contributed by atoms with E-state index in [0.717, 1.165) is 57.8 Å². The van der Waals surface area contributed by atoms with Crippen molar-refractivity contribution in [2.24, 2.45) is 0 Å². The predicted molar refractivity (Wildman–Crippen MR) is 274 cm³/mol. The highest BCUT2D eigenvalue weighted by Crippen LogP contribution is 2.14. The van der Waals surface area contributed by atoms with Crippen molar-refractivity contribution >= 4 is 17.9 Å². The van der Waals surface area contributed by atoms with Gasteiger partial charge in [0.15, 0.2) is 6.10 Å². The van der Waals surface area contributed by atoms with Crippen LogP contribution < -0.4 is 0 Å². The van der Waals surface area contributed by atoms with Crippen LogP contribution in [-0.4, -0.2) is 37.2 Å². The lowest BCUT2D eigenvalue weighted by atomic mass is 10.1. The van der Waals surface area contributed by atoms with Gasteiger partial charge in [-0.05, 0) is 83.5 Å². The molecule has 0 spiro atoms. The Bertz CT molecular complexity index is 1250. The highest BCUT2D eigenvalue weighted by molar-refractivity contribution is 5.71. The van der Waals surface area contributed by atoms with Crippen LogP contribution in [0.15, 0.2) is 85.1 Å². The van der Waals surface area contributed by atoms with Gasteiger partial charge in [0.1, 0.15) is 13.2 Å². The molecule has 6 heteroatoms. The van der Waals surface area contributed by atoms with Crippen molar-refractivity contribution in [3.63, 3.8) is 0 Å². The molecule has 0 heterocycles. The molecule has 0 aromatic heterocycles. The molecule has 64 heavy (non-hydrogen) atoms. The summed E-state index contributed by atoms with van der Waals surface area (Å²) in [5, 5.41) is 0. The zero-order chi connectivity index (χ0) is 46.5. The Balaban J connectivity index is 4.46. The van der Waals surface area contributed by atoms with E-state index in [2.05, 4.69) is 51.2 Å². The molecular formula is C58H98O6. The molecular weight excluding hydrogens is 793 g/mol. The third kappa shape index (κ3) is 49.6. The number of rotatable bonds is 47. The minimum atomic E-state index is -0.810. The number of ether oxygens (including phenoxy) is 3. The van der Waals surface area contributed by atoms with Crippen LogP contribution in [0, 0.1) is 0 Å². The van der Waals surface area contributed by atoms with E-state index < -0.39 is 6.10 Å². The first-order chi connectivity index (χ1) is 31.5. The number of esters is 3. The summed E-state index contributed by atoms with van der Waals surface area (Å²) < 4.78 is 16.7. The van der Waals surface area contributed by atoms with Gasteiger partial charge in [0.25, 0.3) is 0 Å². The molecule has 0 aliphatic heterocycles. The van der Waals surface area contributed by atoms with Crippen molar-refractivity contribution in [3.05, 3.63) is 85.1 Å². The van der Waals surface area contributed by atoms with Crippen LogP contribution in [0.1, 0.15) is 245 Å². The van der Waals surface area contributed by atoms with E-state index in [-0.39, 0.29) is 37.5 Å². The molecule has 6 nitrogen and oxygen atoms in total. The SMILES string of the molecule is CC\C=C/C=C\C=C/C=C\C=C/CCCC(=O)OCC(COC(=O)CCCCCCC/C=C\CCCCCCCCCCC)OC(=O)CCCCCCCCC/C=C\CCCCCC. The van der Waals surface area contributed by atoms with E-state index >= 15 is 0 Å². The Labute approximate surface area is 395 Å². The van der Waals surface area contributed by atoms with Crippen molar-refractivity contribution in [1.82, 2.24) is 0 Å². The Kier molecular flexibility index (Phi) is 49.4. The summed E-state index contributed by atoms with van der Waals surface area (Å²) in [6.45, 7) is 6.41. The van der Waals surface area contributed by atoms with E-state index in [0.29, 0.717) is 19.3 Å². The topological polar surface area (TPSA) is 78.9 Å². The maximum atomic E-state index is 12.8. The van der Waals surface area contributed by atoms with Crippen molar-refractivity contribution < 1.29 is 28.6 Å². The molecule has 1 unspecified atom stereocenters. The summed E-state index contributed by atoms with van der Waals surface area (Å²) in [5.41, 5.74) is 0. The normalized spacial score (nSPS) is 12.7. The summed E-state index contributed by atoms with van der Waals surface area (Å²) in [4.78, 5) is 38.0. The summed E-state index contributed by atoms with van der Waals surface area (Å²) in [6, 6.07) is 0. The third-order valence-corrected chi connectivity index (χ3v) is 11.2. The number of carbonyl (C=O) groups is 3. The fraction of sp³-hybridized carbons (Fsp3) is 0.707. The molecule has 1 atom stereocenters. The van der Waals surface area contributed by atoms with Crippen LogP contribution in [0.5, 0.6) is 0 Å². The Morgan fingerprint density at radius 1 is 0.328 bits per heavy atom. The zero-order valence-corrected chi connectivity index (χ0v) is 41.8. The van der Waals surface area contributed by atoms with E-state index in [9.17, 15) is 14.4 Å². The number of hydrogen-bond donors (Lipinski definition) is 0. The van der Waals surface area contributed by atoms with Gasteiger partial charge in [-0.1, -0.05) is 228 Å². The van der Waals surface area contributed by atoms with E-state index in [1.54, 1.807) is 0 Å². The molecule has 0 amide bonds. The zero-order valence-electron chi connectivity index (χ0n) is 41.8. The largest absolute Gasteiger partial charge is 0.462 e. The molecule has 0 aromatic rings. The van der Waals surface area contributed by atoms with Gasteiger partial charge in [0.05, 0.1) is 0 Å². The number of carbonyl (C=O) groups excluding carboxylic acids is 3. The van der Waals surface area contributed by atoms with Gasteiger partial charge >= 0.3 is 17.9 Å². The lowest BCUT2D eigenvalue weighted by Crippen LogP contribution is -2.30. The number of allylic oxidation sites excluding steroid dienone is 14. The second-order valence-electron chi connectivity index (χ2n) is 17.5. The average molecular weight is 891 g/mol. The molecule has 0 aliphatic carbocycles. The predicted octanol–water partition coefficient (Wildman–Crippen LogP) is 17.6. The van der Waals surface area contributed by atoms with Gasteiger partial charge in [0, 0.05) is 19.3 Å². The van der Waals surface area contributed by atoms with Crippen LogP contribution in [0.3, 0.4) is 0 Å². The molecule has 0 bridgehead atoms. The third-order valence-electron chi connectivity index (χ3n) is 11.2. The lowest BCUT2D eigenvalue weighted by molar-refractivity contribution is -0.167. The highest BCUT2D eigenvalue weighted by atomic mass is 16.6. The van der Waals surface area contributed by atoms with E-state index in [4.69, 9.17) is 14.2 Å². The fourth-order valence-corrected chi connectivity index (χ4v) is 7.23. The van der Waals surface area contributed by atoms with E-state index in [1.807, 2.05) is 54.7 Å². The van der Waals surface area contributed by atoms with Crippen LogP contribution >= 0.6 is 0 Å². The van der Waals surface area contributed by atoms with Crippen molar-refractivity contribution in [2.45, 2.75) is 252 Å². The molecule has 0 aliphatic rings.